The van der Waals surface area contributed by atoms with E-state index in [2.05, 4.69) is 41.5 Å². The highest BCUT2D eigenvalue weighted by molar-refractivity contribution is 5.66. The monoisotopic (exact) mass is 486 g/mol. The highest BCUT2D eigenvalue weighted by Crippen LogP contribution is 2.82. The summed E-state index contributed by atoms with van der Waals surface area (Å²) in [5.74, 6) is 4.18. The van der Waals surface area contributed by atoms with Gasteiger partial charge in [-0.1, -0.05) is 20.8 Å². The largest absolute Gasteiger partial charge is 0.462 e. The molecule has 0 amide bonds. The lowest BCUT2D eigenvalue weighted by Crippen LogP contribution is -2.57. The molecule has 0 unspecified atom stereocenters. The fraction of sp³-hybridized carbons (Fsp3) is 0.968. The van der Waals surface area contributed by atoms with Gasteiger partial charge in [-0.15, -0.1) is 0 Å². The molecule has 6 aliphatic rings. The molecule has 0 radical (unpaired) electrons. The van der Waals surface area contributed by atoms with Crippen molar-refractivity contribution >= 4 is 5.97 Å². The molecule has 35 heavy (non-hydrogen) atoms. The van der Waals surface area contributed by atoms with E-state index in [4.69, 9.17) is 14.2 Å². The maximum Gasteiger partial charge on any atom is 0.302 e. The Morgan fingerprint density at radius 1 is 1.03 bits per heavy atom. The molecule has 4 heteroatoms. The van der Waals surface area contributed by atoms with Crippen molar-refractivity contribution in [3.63, 3.8) is 0 Å². The number of carbonyl (C=O) groups is 1. The van der Waals surface area contributed by atoms with Crippen molar-refractivity contribution in [1.82, 2.24) is 0 Å². The molecular formula is C31H50O4. The third kappa shape index (κ3) is 3.14. The number of ether oxygens (including phenoxy) is 3. The van der Waals surface area contributed by atoms with Gasteiger partial charge in [0.15, 0.2) is 0 Å². The van der Waals surface area contributed by atoms with Gasteiger partial charge in [0.2, 0.25) is 0 Å². The number of hydrogen-bond donors (Lipinski definition) is 0. The first-order valence-corrected chi connectivity index (χ1v) is 14.7. The molecule has 1 saturated heterocycles. The zero-order chi connectivity index (χ0) is 25.2. The first-order valence-electron chi connectivity index (χ1n) is 14.7. The van der Waals surface area contributed by atoms with Gasteiger partial charge in [-0.25, -0.2) is 0 Å². The van der Waals surface area contributed by atoms with Crippen LogP contribution >= 0.6 is 0 Å². The Bertz CT molecular complexity index is 898. The summed E-state index contributed by atoms with van der Waals surface area (Å²) in [5.41, 5.74) is 0.987. The van der Waals surface area contributed by atoms with Crippen molar-refractivity contribution in [2.24, 2.45) is 51.8 Å². The number of methoxy groups -OCH3 is 1. The van der Waals surface area contributed by atoms with Crippen LogP contribution in [-0.2, 0) is 19.0 Å². The van der Waals surface area contributed by atoms with Crippen molar-refractivity contribution in [1.29, 1.82) is 0 Å². The van der Waals surface area contributed by atoms with Crippen molar-refractivity contribution in [3.05, 3.63) is 0 Å². The summed E-state index contributed by atoms with van der Waals surface area (Å²) in [6, 6.07) is 0. The lowest BCUT2D eigenvalue weighted by molar-refractivity contribution is -0.166. The van der Waals surface area contributed by atoms with Crippen LogP contribution in [0.2, 0.25) is 0 Å². The molecule has 5 aliphatic carbocycles. The topological polar surface area (TPSA) is 48.1 Å². The summed E-state index contributed by atoms with van der Waals surface area (Å²) in [5, 5.41) is 0. The summed E-state index contributed by atoms with van der Waals surface area (Å²) in [6.45, 7) is 15.7. The number of carbonyl (C=O) groups excluding carboxylic acids is 1. The molecule has 4 nitrogen and oxygen atoms in total. The average Bonchev–Trinajstić information content (AvgIpc) is 3.50. The predicted octanol–water partition coefficient (Wildman–Crippen LogP) is 6.80. The molecule has 1 aliphatic heterocycles. The van der Waals surface area contributed by atoms with Crippen LogP contribution in [0.1, 0.15) is 106 Å². The van der Waals surface area contributed by atoms with Gasteiger partial charge in [0.05, 0.1) is 17.3 Å². The Morgan fingerprint density at radius 3 is 2.34 bits per heavy atom. The van der Waals surface area contributed by atoms with E-state index in [1.54, 1.807) is 6.92 Å². The summed E-state index contributed by atoms with van der Waals surface area (Å²) in [7, 11) is 1.99. The third-order valence-corrected chi connectivity index (χ3v) is 13.7. The molecule has 0 aromatic carbocycles. The van der Waals surface area contributed by atoms with Crippen LogP contribution < -0.4 is 0 Å². The number of esters is 1. The van der Waals surface area contributed by atoms with Crippen molar-refractivity contribution in [2.75, 3.05) is 7.11 Å². The van der Waals surface area contributed by atoms with Gasteiger partial charge in [-0.2, -0.15) is 0 Å². The number of hydrogen-bond acceptors (Lipinski definition) is 4. The van der Waals surface area contributed by atoms with Crippen LogP contribution in [0.5, 0.6) is 0 Å². The van der Waals surface area contributed by atoms with Crippen LogP contribution in [0.4, 0.5) is 0 Å². The summed E-state index contributed by atoms with van der Waals surface area (Å²) < 4.78 is 18.5. The second-order valence-electron chi connectivity index (χ2n) is 15.0. The normalized spacial score (nSPS) is 54.6. The van der Waals surface area contributed by atoms with E-state index in [1.807, 2.05) is 7.11 Å². The molecule has 0 aromatic heterocycles. The minimum atomic E-state index is -0.195. The van der Waals surface area contributed by atoms with E-state index in [1.165, 1.54) is 51.4 Å². The van der Waals surface area contributed by atoms with E-state index in [0.29, 0.717) is 34.2 Å². The molecule has 5 saturated carbocycles. The molecule has 0 bridgehead atoms. The molecule has 0 N–H and O–H groups in total. The van der Waals surface area contributed by atoms with Gasteiger partial charge >= 0.3 is 5.97 Å². The first-order chi connectivity index (χ1) is 16.3. The summed E-state index contributed by atoms with van der Waals surface area (Å²) in [4.78, 5) is 12.2. The van der Waals surface area contributed by atoms with E-state index in [9.17, 15) is 4.79 Å². The minimum Gasteiger partial charge on any atom is -0.462 e. The van der Waals surface area contributed by atoms with Gasteiger partial charge < -0.3 is 14.2 Å². The van der Waals surface area contributed by atoms with Crippen LogP contribution in [0, 0.1) is 51.8 Å². The molecule has 198 valence electrons. The van der Waals surface area contributed by atoms with Gasteiger partial charge in [0.25, 0.3) is 0 Å². The summed E-state index contributed by atoms with van der Waals surface area (Å²) >= 11 is 0. The second kappa shape index (κ2) is 7.49. The zero-order valence-electron chi connectivity index (χ0n) is 23.6. The van der Waals surface area contributed by atoms with Gasteiger partial charge in [0, 0.05) is 25.9 Å². The fourth-order valence-corrected chi connectivity index (χ4v) is 11.5. The standard InChI is InChI=1S/C31H50O4/c1-18(25(34-19(2)32)17-30(7)27(3,4)35-30)22-9-10-23-21-15-26(33-8)31-16-20(31)11-14-29(31,6)24(21)12-13-28(22,23)5/h18,20-26H,9-17H2,1-8H3/t18-,20-,21-,22+,23-,24-,25+,26+,28+,29+,30+,31-/m0/s1. The van der Waals surface area contributed by atoms with Crippen LogP contribution in [0.3, 0.4) is 0 Å². The number of epoxide rings is 1. The van der Waals surface area contributed by atoms with Crippen LogP contribution in [0.15, 0.2) is 0 Å². The van der Waals surface area contributed by atoms with Crippen molar-refractivity contribution in [3.8, 4) is 0 Å². The molecule has 1 heterocycles. The maximum absolute atomic E-state index is 12.2. The smallest absolute Gasteiger partial charge is 0.302 e. The van der Waals surface area contributed by atoms with E-state index in [0.717, 1.165) is 30.1 Å². The van der Waals surface area contributed by atoms with E-state index < -0.39 is 0 Å². The lowest BCUT2D eigenvalue weighted by atomic mass is 9.45. The molecule has 1 spiro atoms. The molecule has 12 atom stereocenters. The van der Waals surface area contributed by atoms with Crippen LogP contribution in [0.25, 0.3) is 0 Å². The average molecular weight is 487 g/mol. The predicted molar refractivity (Wildman–Crippen MR) is 137 cm³/mol. The highest BCUT2D eigenvalue weighted by atomic mass is 16.6. The SMILES string of the molecule is CO[C@@H]1C[C@H]2[C@@H]3CC[C@H]([C@H](C)[C@@H](C[C@@]4(C)OC4(C)C)OC(C)=O)[C@@]3(C)CC[C@@H]2[C@@]2(C)CC[C@H]3C[C@]312. The van der Waals surface area contributed by atoms with Crippen molar-refractivity contribution < 1.29 is 19.0 Å². The Balaban J connectivity index is 1.25. The maximum atomic E-state index is 12.2. The van der Waals surface area contributed by atoms with E-state index >= 15 is 0 Å². The van der Waals surface area contributed by atoms with Gasteiger partial charge in [0.1, 0.15) is 6.10 Å². The molecular weight excluding hydrogens is 436 g/mol. The minimum absolute atomic E-state index is 0.0708. The molecule has 6 rings (SSSR count). The first kappa shape index (κ1) is 24.7. The Labute approximate surface area is 213 Å². The molecule has 6 fully saturated rings. The van der Waals surface area contributed by atoms with Gasteiger partial charge in [-0.05, 0) is 118 Å². The fourth-order valence-electron chi connectivity index (χ4n) is 11.5. The van der Waals surface area contributed by atoms with Crippen molar-refractivity contribution in [2.45, 2.75) is 130 Å². The lowest BCUT2D eigenvalue weighted by Gasteiger charge is -2.61. The third-order valence-electron chi connectivity index (χ3n) is 13.7. The zero-order valence-corrected chi connectivity index (χ0v) is 23.6. The highest BCUT2D eigenvalue weighted by Gasteiger charge is 2.77. The quantitative estimate of drug-likeness (QED) is 0.306. The Hall–Kier alpha value is -0.610. The Kier molecular flexibility index (Phi) is 5.29. The number of fused-ring (bicyclic) bond motifs is 4. The number of rotatable bonds is 6. The van der Waals surface area contributed by atoms with Gasteiger partial charge in [-0.3, -0.25) is 4.79 Å². The van der Waals surface area contributed by atoms with Crippen LogP contribution in [-0.4, -0.2) is 36.5 Å². The Morgan fingerprint density at radius 2 is 1.74 bits per heavy atom. The molecule has 0 aromatic rings. The summed E-state index contributed by atoms with van der Waals surface area (Å²) in [6.07, 6.45) is 12.1. The van der Waals surface area contributed by atoms with E-state index in [-0.39, 0.29) is 23.3 Å². The second-order valence-corrected chi connectivity index (χ2v) is 15.0.